The van der Waals surface area contributed by atoms with Crippen molar-refractivity contribution in [2.75, 3.05) is 20.1 Å². The van der Waals surface area contributed by atoms with Crippen molar-refractivity contribution in [1.29, 1.82) is 0 Å². The Hall–Kier alpha value is -3.41. The molecule has 1 fully saturated rings. The molecule has 5 nitrogen and oxygen atoms in total. The molecule has 4 rings (SSSR count). The number of amides is 1. The van der Waals surface area contributed by atoms with Gasteiger partial charge in [0.05, 0.1) is 23.3 Å². The van der Waals surface area contributed by atoms with Crippen LogP contribution in [0.4, 0.5) is 30.7 Å². The van der Waals surface area contributed by atoms with Crippen molar-refractivity contribution < 1.29 is 45.1 Å². The third kappa shape index (κ3) is 6.10. The molecule has 1 aliphatic carbocycles. The van der Waals surface area contributed by atoms with Crippen LogP contribution in [-0.4, -0.2) is 42.8 Å². The predicted octanol–water partition coefficient (Wildman–Crippen LogP) is 5.77. The van der Waals surface area contributed by atoms with Crippen LogP contribution in [-0.2, 0) is 26.7 Å². The molecule has 1 N–H and O–H groups in total. The van der Waals surface area contributed by atoms with Gasteiger partial charge in [0.15, 0.2) is 5.78 Å². The van der Waals surface area contributed by atoms with Crippen LogP contribution in [0.1, 0.15) is 54.0 Å². The van der Waals surface area contributed by atoms with Gasteiger partial charge in [-0.3, -0.25) is 9.59 Å². The number of rotatable bonds is 6. The number of nitrogens with one attached hydrogen (secondary N) is 1. The molecular formula is C27H25F7N2O3. The zero-order valence-corrected chi connectivity index (χ0v) is 20.9. The zero-order valence-electron chi connectivity index (χ0n) is 20.9. The molecule has 0 radical (unpaired) electrons. The fourth-order valence-corrected chi connectivity index (χ4v) is 5.06. The molecule has 3 atom stereocenters. The predicted molar refractivity (Wildman–Crippen MR) is 126 cm³/mol. The third-order valence-electron chi connectivity index (χ3n) is 7.01. The summed E-state index contributed by atoms with van der Waals surface area (Å²) in [5.74, 6) is -1.85. The van der Waals surface area contributed by atoms with Crippen LogP contribution in [0, 0.1) is 5.82 Å². The van der Waals surface area contributed by atoms with Gasteiger partial charge in [-0.1, -0.05) is 12.1 Å². The summed E-state index contributed by atoms with van der Waals surface area (Å²) in [5.41, 5.74) is -2.08. The van der Waals surface area contributed by atoms with E-state index < -0.39 is 53.3 Å². The fraction of sp³-hybridized carbons (Fsp3) is 0.407. The molecule has 2 aromatic carbocycles. The summed E-state index contributed by atoms with van der Waals surface area (Å²) < 4.78 is 100. The second-order valence-electron chi connectivity index (χ2n) is 9.54. The lowest BCUT2D eigenvalue weighted by molar-refractivity contribution is -0.143. The molecule has 1 aliphatic heterocycles. The second-order valence-corrected chi connectivity index (χ2v) is 9.54. The van der Waals surface area contributed by atoms with Crippen molar-refractivity contribution in [3.63, 3.8) is 0 Å². The van der Waals surface area contributed by atoms with Crippen molar-refractivity contribution in [2.45, 2.75) is 50.2 Å². The molecule has 210 valence electrons. The number of alkyl halides is 6. The zero-order chi connectivity index (χ0) is 28.7. The topological polar surface area (TPSA) is 58.6 Å². The summed E-state index contributed by atoms with van der Waals surface area (Å²) in [6, 6.07) is 6.81. The van der Waals surface area contributed by atoms with Crippen LogP contribution in [0.2, 0.25) is 0 Å². The van der Waals surface area contributed by atoms with E-state index in [-0.39, 0.29) is 42.5 Å². The van der Waals surface area contributed by atoms with Crippen molar-refractivity contribution in [2.24, 2.45) is 0 Å². The SMILES string of the molecule is CNC(=O)C1=C(N2C[C@H](O[C@H](C)c3cc(C(F)(F)F)cc(C(F)(F)F)c3)[C@@H](c3ccc(F)cc3)C2)CCC1=O. The molecule has 0 unspecified atom stereocenters. The molecule has 2 aromatic rings. The van der Waals surface area contributed by atoms with Crippen LogP contribution < -0.4 is 5.32 Å². The number of likely N-dealkylation sites (tertiary alicyclic amines) is 1. The Morgan fingerprint density at radius 3 is 2.10 bits per heavy atom. The number of benzene rings is 2. The fourth-order valence-electron chi connectivity index (χ4n) is 5.06. The first-order valence-corrected chi connectivity index (χ1v) is 12.1. The van der Waals surface area contributed by atoms with E-state index in [0.717, 1.165) is 0 Å². The maximum absolute atomic E-state index is 13.6. The number of allylic oxidation sites excluding steroid dienone is 1. The first-order valence-electron chi connectivity index (χ1n) is 12.1. The van der Waals surface area contributed by atoms with Gasteiger partial charge in [0.1, 0.15) is 11.4 Å². The Labute approximate surface area is 219 Å². The average molecular weight is 558 g/mol. The van der Waals surface area contributed by atoms with Gasteiger partial charge in [0.2, 0.25) is 0 Å². The Balaban J connectivity index is 1.69. The van der Waals surface area contributed by atoms with E-state index in [1.54, 1.807) is 4.90 Å². The Kier molecular flexibility index (Phi) is 7.79. The van der Waals surface area contributed by atoms with E-state index in [9.17, 15) is 40.3 Å². The second kappa shape index (κ2) is 10.6. The van der Waals surface area contributed by atoms with Crippen LogP contribution in [0.25, 0.3) is 0 Å². The van der Waals surface area contributed by atoms with Gasteiger partial charge in [-0.2, -0.15) is 26.3 Å². The van der Waals surface area contributed by atoms with Gasteiger partial charge in [0.25, 0.3) is 5.91 Å². The van der Waals surface area contributed by atoms with E-state index in [1.165, 1.54) is 38.2 Å². The first kappa shape index (κ1) is 28.6. The molecule has 1 saturated heterocycles. The van der Waals surface area contributed by atoms with Crippen molar-refractivity contribution >= 4 is 11.7 Å². The minimum atomic E-state index is -5.01. The van der Waals surface area contributed by atoms with E-state index >= 15 is 0 Å². The number of hydrogen-bond donors (Lipinski definition) is 1. The number of nitrogens with zero attached hydrogens (tertiary/aromatic N) is 1. The molecule has 0 bridgehead atoms. The van der Waals surface area contributed by atoms with Crippen molar-refractivity contribution in [3.8, 4) is 0 Å². The minimum absolute atomic E-state index is 0.0109. The number of ketones is 1. The summed E-state index contributed by atoms with van der Waals surface area (Å²) in [6.07, 6.45) is -11.5. The van der Waals surface area contributed by atoms with Crippen LogP contribution >= 0.6 is 0 Å². The quantitative estimate of drug-likeness (QED) is 0.361. The first-order chi connectivity index (χ1) is 18.2. The van der Waals surface area contributed by atoms with Gasteiger partial charge in [0, 0.05) is 38.2 Å². The van der Waals surface area contributed by atoms with Crippen molar-refractivity contribution in [3.05, 3.63) is 81.8 Å². The van der Waals surface area contributed by atoms with Crippen LogP contribution in [0.3, 0.4) is 0 Å². The molecule has 0 spiro atoms. The van der Waals surface area contributed by atoms with Gasteiger partial charge in [-0.25, -0.2) is 4.39 Å². The molecule has 0 saturated carbocycles. The average Bonchev–Trinajstić information content (AvgIpc) is 3.46. The largest absolute Gasteiger partial charge is 0.416 e. The number of carbonyl (C=O) groups is 2. The summed E-state index contributed by atoms with van der Waals surface area (Å²) in [6.45, 7) is 1.71. The number of hydrogen-bond acceptors (Lipinski definition) is 4. The highest BCUT2D eigenvalue weighted by Crippen LogP contribution is 2.41. The number of ether oxygens (including phenoxy) is 1. The number of likely N-dealkylation sites (N-methyl/N-ethyl adjacent to an activating group) is 1. The summed E-state index contributed by atoms with van der Waals surface area (Å²) in [4.78, 5) is 26.5. The van der Waals surface area contributed by atoms with E-state index in [1.807, 2.05) is 0 Å². The maximum atomic E-state index is 13.6. The smallest absolute Gasteiger partial charge is 0.371 e. The number of Topliss-reactive ketones (excluding diaryl/α,β-unsaturated/α-hetero) is 1. The monoisotopic (exact) mass is 558 g/mol. The lowest BCUT2D eigenvalue weighted by Gasteiger charge is -2.25. The van der Waals surface area contributed by atoms with Gasteiger partial charge >= 0.3 is 12.4 Å². The lowest BCUT2D eigenvalue weighted by Crippen LogP contribution is -2.29. The van der Waals surface area contributed by atoms with E-state index in [0.29, 0.717) is 29.8 Å². The molecule has 2 aliphatic rings. The molecule has 0 aromatic heterocycles. The highest BCUT2D eigenvalue weighted by atomic mass is 19.4. The number of carbonyl (C=O) groups excluding carboxylic acids is 2. The number of halogens is 7. The highest BCUT2D eigenvalue weighted by molar-refractivity contribution is 6.21. The van der Waals surface area contributed by atoms with Gasteiger partial charge in [-0.15, -0.1) is 0 Å². The summed E-state index contributed by atoms with van der Waals surface area (Å²) >= 11 is 0. The van der Waals surface area contributed by atoms with Crippen molar-refractivity contribution in [1.82, 2.24) is 10.2 Å². The minimum Gasteiger partial charge on any atom is -0.371 e. The summed E-state index contributed by atoms with van der Waals surface area (Å²) in [7, 11) is 1.39. The Morgan fingerprint density at radius 2 is 1.56 bits per heavy atom. The normalized spacial score (nSPS) is 21.1. The van der Waals surface area contributed by atoms with Crippen LogP contribution in [0.15, 0.2) is 53.7 Å². The lowest BCUT2D eigenvalue weighted by atomic mass is 9.95. The van der Waals surface area contributed by atoms with E-state index in [4.69, 9.17) is 4.74 Å². The molecular weight excluding hydrogens is 533 g/mol. The Morgan fingerprint density at radius 1 is 0.974 bits per heavy atom. The third-order valence-corrected chi connectivity index (χ3v) is 7.01. The maximum Gasteiger partial charge on any atom is 0.416 e. The summed E-state index contributed by atoms with van der Waals surface area (Å²) in [5, 5.41) is 2.44. The Bertz CT molecular complexity index is 1250. The van der Waals surface area contributed by atoms with Crippen LogP contribution in [0.5, 0.6) is 0 Å². The highest BCUT2D eigenvalue weighted by Gasteiger charge is 2.42. The van der Waals surface area contributed by atoms with E-state index in [2.05, 4.69) is 5.32 Å². The molecule has 1 amide bonds. The van der Waals surface area contributed by atoms with Gasteiger partial charge < -0.3 is 15.0 Å². The molecule has 39 heavy (non-hydrogen) atoms. The standard InChI is InChI=1S/C27H25F7N2O3/c1-14(16-9-17(26(29,30)31)11-18(10-16)27(32,33)34)39-23-13-36(12-20(23)15-3-5-19(28)6-4-15)21-7-8-22(37)24(21)25(38)35-2/h3-6,9-11,14,20,23H,7-8,12-13H2,1-2H3,(H,35,38)/t14-,20-,23+/m1/s1. The molecule has 12 heteroatoms. The molecule has 1 heterocycles. The van der Waals surface area contributed by atoms with Gasteiger partial charge in [-0.05, 0) is 54.8 Å².